The van der Waals surface area contributed by atoms with Crippen LogP contribution in [0.5, 0.6) is 0 Å². The van der Waals surface area contributed by atoms with Crippen molar-refractivity contribution in [2.24, 2.45) is 0 Å². The van der Waals surface area contributed by atoms with Gasteiger partial charge in [-0.25, -0.2) is 0 Å². The smallest absolute Gasteiger partial charge is 0.0725 e. The van der Waals surface area contributed by atoms with Gasteiger partial charge in [0.2, 0.25) is 0 Å². The molecule has 2 aliphatic rings. The second-order valence-corrected chi connectivity index (χ2v) is 19.3. The monoisotopic (exact) mass is 879 g/mol. The summed E-state index contributed by atoms with van der Waals surface area (Å²) in [5, 5.41) is 2.49. The van der Waals surface area contributed by atoms with Gasteiger partial charge >= 0.3 is 0 Å². The molecule has 0 saturated carbocycles. The molecule has 2 aromatic heterocycles. The van der Waals surface area contributed by atoms with E-state index in [4.69, 9.17) is 0 Å². The number of nitrogens with zero attached hydrogens (tertiary/aromatic N) is 1. The van der Waals surface area contributed by atoms with E-state index in [1.54, 1.807) is 0 Å². The van der Waals surface area contributed by atoms with E-state index in [1.165, 1.54) is 131 Å². The van der Waals surface area contributed by atoms with Crippen LogP contribution < -0.4 is 0 Å². The molecule has 0 aliphatic heterocycles. The van der Waals surface area contributed by atoms with Gasteiger partial charge in [-0.05, 0) is 160 Å². The van der Waals surface area contributed by atoms with Crippen molar-refractivity contribution in [2.75, 3.05) is 0 Å². The highest BCUT2D eigenvalue weighted by molar-refractivity contribution is 7.25. The van der Waals surface area contributed by atoms with Gasteiger partial charge < -0.3 is 0 Å². The number of hydrogen-bond acceptors (Lipinski definition) is 2. The van der Waals surface area contributed by atoms with E-state index in [9.17, 15) is 0 Å². The maximum Gasteiger partial charge on any atom is 0.0725 e. The number of rotatable bonds is 6. The van der Waals surface area contributed by atoms with Gasteiger partial charge in [-0.1, -0.05) is 188 Å². The van der Waals surface area contributed by atoms with E-state index in [0.717, 1.165) is 0 Å². The highest BCUT2D eigenvalue weighted by atomic mass is 32.1. The average Bonchev–Trinajstić information content (AvgIpc) is 4.05. The SMILES string of the molecule is c1cc(-c2cccc(-c3cccc(-c4ccc5c(c4)-c4ccccc4C54c5ccccc5-c5ccccc54)c3)c2)cc(-c2cccc(-c3cccc(-c4ccc5c(c4)sc4ccncc45)c3)c2)c1. The third kappa shape index (κ3) is 5.98. The van der Waals surface area contributed by atoms with Crippen LogP contribution in [0.4, 0.5) is 0 Å². The molecule has 2 aliphatic carbocycles. The lowest BCUT2D eigenvalue weighted by atomic mass is 9.70. The van der Waals surface area contributed by atoms with Crippen molar-refractivity contribution in [3.63, 3.8) is 0 Å². The van der Waals surface area contributed by atoms with E-state index in [1.807, 2.05) is 23.7 Å². The quantitative estimate of drug-likeness (QED) is 0.162. The molecule has 316 valence electrons. The molecule has 0 amide bonds. The Bertz CT molecular complexity index is 3960. The normalized spacial score (nSPS) is 12.8. The van der Waals surface area contributed by atoms with Gasteiger partial charge in [0.25, 0.3) is 0 Å². The lowest BCUT2D eigenvalue weighted by molar-refractivity contribution is 0.794. The first-order chi connectivity index (χ1) is 33.7. The third-order valence-corrected chi connectivity index (χ3v) is 15.7. The number of fused-ring (bicyclic) bond motifs is 13. The van der Waals surface area contributed by atoms with Crippen molar-refractivity contribution < 1.29 is 0 Å². The van der Waals surface area contributed by atoms with Crippen LogP contribution in [0.25, 0.3) is 109 Å². The molecule has 1 spiro atoms. The molecule has 68 heavy (non-hydrogen) atoms. The third-order valence-electron chi connectivity index (χ3n) is 14.6. The molecular weight excluding hydrogens is 839 g/mol. The first-order valence-electron chi connectivity index (χ1n) is 23.4. The number of hydrogen-bond donors (Lipinski definition) is 0. The summed E-state index contributed by atoms with van der Waals surface area (Å²) in [7, 11) is 0. The molecular formula is C66H41NS. The van der Waals surface area contributed by atoms with Crippen molar-refractivity contribution in [3.8, 4) is 89.0 Å². The first kappa shape index (κ1) is 38.8. The van der Waals surface area contributed by atoms with Gasteiger partial charge in [0.1, 0.15) is 0 Å². The van der Waals surface area contributed by atoms with Gasteiger partial charge in [0.15, 0.2) is 0 Å². The van der Waals surface area contributed by atoms with Gasteiger partial charge in [-0.15, -0.1) is 11.3 Å². The van der Waals surface area contributed by atoms with E-state index in [2.05, 4.69) is 242 Å². The molecule has 0 N–H and O–H groups in total. The van der Waals surface area contributed by atoms with E-state index < -0.39 is 0 Å². The molecule has 12 aromatic rings. The Balaban J connectivity index is 0.768. The Kier molecular flexibility index (Phi) is 8.74. The largest absolute Gasteiger partial charge is 0.264 e. The lowest BCUT2D eigenvalue weighted by Gasteiger charge is -2.30. The summed E-state index contributed by atoms with van der Waals surface area (Å²) in [4.78, 5) is 4.37. The molecule has 0 radical (unpaired) electrons. The summed E-state index contributed by atoms with van der Waals surface area (Å²) >= 11 is 1.83. The van der Waals surface area contributed by atoms with Crippen LogP contribution in [-0.2, 0) is 5.41 Å². The molecule has 0 bridgehead atoms. The Morgan fingerprint density at radius 1 is 0.265 bits per heavy atom. The van der Waals surface area contributed by atoms with Crippen molar-refractivity contribution >= 4 is 31.5 Å². The average molecular weight is 880 g/mol. The van der Waals surface area contributed by atoms with Gasteiger partial charge in [0.05, 0.1) is 5.41 Å². The summed E-state index contributed by atoms with van der Waals surface area (Å²) in [6, 6.07) is 88.1. The van der Waals surface area contributed by atoms with Crippen LogP contribution in [0, 0.1) is 0 Å². The number of benzene rings is 10. The van der Waals surface area contributed by atoms with Crippen molar-refractivity contribution in [1.82, 2.24) is 4.98 Å². The molecule has 0 unspecified atom stereocenters. The van der Waals surface area contributed by atoms with Crippen LogP contribution in [0.2, 0.25) is 0 Å². The molecule has 2 heteroatoms. The van der Waals surface area contributed by atoms with Crippen molar-refractivity contribution in [2.45, 2.75) is 5.41 Å². The highest BCUT2D eigenvalue weighted by Crippen LogP contribution is 2.63. The molecule has 1 nitrogen and oxygen atoms in total. The molecule has 0 saturated heterocycles. The summed E-state index contributed by atoms with van der Waals surface area (Å²) in [5.74, 6) is 0. The number of aromatic nitrogens is 1. The van der Waals surface area contributed by atoms with Crippen molar-refractivity contribution in [3.05, 3.63) is 271 Å². The van der Waals surface area contributed by atoms with Gasteiger partial charge in [-0.3, -0.25) is 4.98 Å². The summed E-state index contributed by atoms with van der Waals surface area (Å²) in [6.07, 6.45) is 3.85. The number of pyridine rings is 1. The van der Waals surface area contributed by atoms with Crippen molar-refractivity contribution in [1.29, 1.82) is 0 Å². The van der Waals surface area contributed by atoms with Gasteiger partial charge in [0, 0.05) is 32.6 Å². The minimum atomic E-state index is -0.332. The van der Waals surface area contributed by atoms with Crippen LogP contribution in [0.1, 0.15) is 22.3 Å². The zero-order chi connectivity index (χ0) is 44.8. The minimum Gasteiger partial charge on any atom is -0.264 e. The Morgan fingerprint density at radius 2 is 0.632 bits per heavy atom. The van der Waals surface area contributed by atoms with E-state index in [-0.39, 0.29) is 5.41 Å². The van der Waals surface area contributed by atoms with E-state index >= 15 is 0 Å². The zero-order valence-corrected chi connectivity index (χ0v) is 37.8. The topological polar surface area (TPSA) is 12.9 Å². The molecule has 2 heterocycles. The van der Waals surface area contributed by atoms with E-state index in [0.29, 0.717) is 0 Å². The van der Waals surface area contributed by atoms with Crippen LogP contribution in [0.15, 0.2) is 249 Å². The maximum absolute atomic E-state index is 4.37. The fraction of sp³-hybridized carbons (Fsp3) is 0.0152. The summed E-state index contributed by atoms with van der Waals surface area (Å²) in [5.41, 5.74) is 24.9. The summed E-state index contributed by atoms with van der Waals surface area (Å²) < 4.78 is 2.56. The Morgan fingerprint density at radius 3 is 1.09 bits per heavy atom. The van der Waals surface area contributed by atoms with Crippen LogP contribution in [0.3, 0.4) is 0 Å². The first-order valence-corrected chi connectivity index (χ1v) is 24.2. The zero-order valence-electron chi connectivity index (χ0n) is 37.0. The minimum absolute atomic E-state index is 0.332. The molecule has 10 aromatic carbocycles. The summed E-state index contributed by atoms with van der Waals surface area (Å²) in [6.45, 7) is 0. The highest BCUT2D eigenvalue weighted by Gasteiger charge is 2.51. The standard InChI is InChI=1S/C66H41NS/c1-4-25-60-54(22-1)55-23-2-5-26-61(55)66(60)62-27-6-3-24-56(62)58-39-52(29-31-63(58)66)50-20-10-18-48(37-50)46-16-8-14-44(35-46)42-12-7-13-43(34-42)45-15-9-17-47(36-45)49-19-11-21-51(38-49)53-28-30-57-59-41-67-33-32-64(59)68-65(57)40-53/h1-41H. The predicted octanol–water partition coefficient (Wildman–Crippen LogP) is 17.8. The fourth-order valence-electron chi connectivity index (χ4n) is 11.5. The maximum atomic E-state index is 4.37. The number of thiophene rings is 1. The molecule has 0 atom stereocenters. The Labute approximate surface area is 400 Å². The van der Waals surface area contributed by atoms with Gasteiger partial charge in [-0.2, -0.15) is 0 Å². The molecule has 14 rings (SSSR count). The van der Waals surface area contributed by atoms with Crippen LogP contribution >= 0.6 is 11.3 Å². The second kappa shape index (κ2) is 15.3. The second-order valence-electron chi connectivity index (χ2n) is 18.2. The lowest BCUT2D eigenvalue weighted by Crippen LogP contribution is -2.25. The fourth-order valence-corrected chi connectivity index (χ4v) is 12.6. The Hall–Kier alpha value is -8.43. The molecule has 0 fully saturated rings. The predicted molar refractivity (Wildman–Crippen MR) is 286 cm³/mol. The van der Waals surface area contributed by atoms with Crippen LogP contribution in [-0.4, -0.2) is 4.98 Å².